The Morgan fingerprint density at radius 3 is 2.93 bits per heavy atom. The fourth-order valence-electron chi connectivity index (χ4n) is 1.37. The van der Waals surface area contributed by atoms with Gasteiger partial charge in [0.25, 0.3) is 0 Å². The Morgan fingerprint density at radius 2 is 2.33 bits per heavy atom. The number of rotatable bonds is 6. The summed E-state index contributed by atoms with van der Waals surface area (Å²) in [6.07, 6.45) is 4.46. The maximum Gasteiger partial charge on any atom is 0.230 e. The predicted octanol–water partition coefficient (Wildman–Crippen LogP) is 1.61. The highest BCUT2D eigenvalue weighted by Crippen LogP contribution is 2.39. The SMILES string of the molecule is O=C(CCCCC1CCSS1)NS(=O)[O-]. The van der Waals surface area contributed by atoms with Crippen LogP contribution in [0.2, 0.25) is 0 Å². The Hall–Kier alpha value is 0.280. The molecule has 7 heteroatoms. The van der Waals surface area contributed by atoms with Crippen LogP contribution in [0.5, 0.6) is 0 Å². The summed E-state index contributed by atoms with van der Waals surface area (Å²) in [6, 6.07) is 0. The van der Waals surface area contributed by atoms with Crippen LogP contribution in [0.3, 0.4) is 0 Å². The Balaban J connectivity index is 1.96. The minimum Gasteiger partial charge on any atom is -0.755 e. The van der Waals surface area contributed by atoms with Crippen LogP contribution in [0.4, 0.5) is 0 Å². The summed E-state index contributed by atoms with van der Waals surface area (Å²) in [5.41, 5.74) is 0. The summed E-state index contributed by atoms with van der Waals surface area (Å²) in [6.45, 7) is 0. The van der Waals surface area contributed by atoms with Crippen molar-refractivity contribution in [1.29, 1.82) is 0 Å². The highest BCUT2D eigenvalue weighted by atomic mass is 33.1. The van der Waals surface area contributed by atoms with E-state index in [1.807, 2.05) is 26.3 Å². The number of carbonyl (C=O) groups excluding carboxylic acids is 1. The Morgan fingerprint density at radius 1 is 1.53 bits per heavy atom. The van der Waals surface area contributed by atoms with Crippen LogP contribution in [-0.2, 0) is 16.1 Å². The van der Waals surface area contributed by atoms with E-state index in [9.17, 15) is 13.6 Å². The van der Waals surface area contributed by atoms with Gasteiger partial charge in [-0.05, 0) is 19.3 Å². The van der Waals surface area contributed by atoms with Gasteiger partial charge >= 0.3 is 0 Å². The molecule has 0 aromatic rings. The standard InChI is InChI=1S/C8H15NO3S3/c10-8(9-15(11)12)4-2-1-3-7-5-6-13-14-7/h7H,1-6H2,(H,9,10)(H,11,12)/p-1. The first-order chi connectivity index (χ1) is 7.18. The largest absolute Gasteiger partial charge is 0.755 e. The molecule has 0 bridgehead atoms. The van der Waals surface area contributed by atoms with Crippen LogP contribution in [0, 0.1) is 0 Å². The monoisotopic (exact) mass is 268 g/mol. The number of nitrogens with one attached hydrogen (secondary N) is 1. The molecule has 4 nitrogen and oxygen atoms in total. The van der Waals surface area contributed by atoms with Crippen molar-refractivity contribution in [2.45, 2.75) is 37.4 Å². The van der Waals surface area contributed by atoms with Gasteiger partial charge in [0.05, 0.1) is 0 Å². The van der Waals surface area contributed by atoms with Crippen LogP contribution >= 0.6 is 21.6 Å². The van der Waals surface area contributed by atoms with E-state index in [0.717, 1.165) is 24.5 Å². The first-order valence-electron chi connectivity index (χ1n) is 4.85. The van der Waals surface area contributed by atoms with Gasteiger partial charge in [-0.1, -0.05) is 28.0 Å². The summed E-state index contributed by atoms with van der Waals surface area (Å²) in [7, 11) is 3.84. The van der Waals surface area contributed by atoms with Crippen molar-refractivity contribution < 1.29 is 13.6 Å². The Labute approximate surface area is 100 Å². The second-order valence-corrected chi connectivity index (χ2v) is 6.80. The molecule has 1 amide bonds. The van der Waals surface area contributed by atoms with Crippen LogP contribution in [0.25, 0.3) is 0 Å². The van der Waals surface area contributed by atoms with E-state index >= 15 is 0 Å². The van der Waals surface area contributed by atoms with Crippen molar-refractivity contribution in [3.8, 4) is 0 Å². The van der Waals surface area contributed by atoms with Gasteiger partial charge in [0.15, 0.2) is 0 Å². The molecule has 0 aliphatic carbocycles. The number of carbonyl (C=O) groups is 1. The molecule has 1 N–H and O–H groups in total. The number of hydrogen-bond acceptors (Lipinski definition) is 5. The highest BCUT2D eigenvalue weighted by molar-refractivity contribution is 8.77. The number of unbranched alkanes of at least 4 members (excludes halogenated alkanes) is 1. The molecule has 1 rings (SSSR count). The van der Waals surface area contributed by atoms with Crippen LogP contribution in [0.15, 0.2) is 0 Å². The van der Waals surface area contributed by atoms with E-state index in [-0.39, 0.29) is 0 Å². The van der Waals surface area contributed by atoms with E-state index in [1.165, 1.54) is 12.2 Å². The van der Waals surface area contributed by atoms with Gasteiger partial charge in [-0.3, -0.25) is 13.7 Å². The normalized spacial score (nSPS) is 22.6. The minimum absolute atomic E-state index is 0.304. The van der Waals surface area contributed by atoms with Crippen molar-refractivity contribution in [3.05, 3.63) is 0 Å². The summed E-state index contributed by atoms with van der Waals surface area (Å²) >= 11 is -2.46. The molecule has 0 aromatic heterocycles. The lowest BCUT2D eigenvalue weighted by Gasteiger charge is -2.08. The molecule has 2 atom stereocenters. The van der Waals surface area contributed by atoms with Crippen LogP contribution in [-0.4, -0.2) is 25.7 Å². The summed E-state index contributed by atoms with van der Waals surface area (Å²) in [5.74, 6) is 0.821. The zero-order valence-electron chi connectivity index (χ0n) is 8.27. The first kappa shape index (κ1) is 13.3. The first-order valence-corrected chi connectivity index (χ1v) is 8.31. The topological polar surface area (TPSA) is 69.2 Å². The maximum absolute atomic E-state index is 10.9. The molecular formula is C8H14NO3S3-. The molecule has 1 aliphatic heterocycles. The molecular weight excluding hydrogens is 254 g/mol. The smallest absolute Gasteiger partial charge is 0.230 e. The van der Waals surface area contributed by atoms with Crippen molar-refractivity contribution in [1.82, 2.24) is 4.72 Å². The van der Waals surface area contributed by atoms with Gasteiger partial charge in [0.2, 0.25) is 5.91 Å². The third-order valence-corrected chi connectivity index (χ3v) is 5.51. The van der Waals surface area contributed by atoms with Gasteiger partial charge in [-0.2, -0.15) is 0 Å². The van der Waals surface area contributed by atoms with Gasteiger partial charge in [-0.15, -0.1) is 0 Å². The molecule has 1 saturated heterocycles. The van der Waals surface area contributed by atoms with Crippen molar-refractivity contribution >= 4 is 38.8 Å². The second-order valence-electron chi connectivity index (χ2n) is 3.33. The molecule has 0 radical (unpaired) electrons. The summed E-state index contributed by atoms with van der Waals surface area (Å²) < 4.78 is 22.1. The van der Waals surface area contributed by atoms with Gasteiger partial charge in [-0.25, -0.2) is 0 Å². The number of amides is 1. The maximum atomic E-state index is 10.9. The van der Waals surface area contributed by atoms with Crippen LogP contribution < -0.4 is 4.72 Å². The summed E-state index contributed by atoms with van der Waals surface area (Å²) in [5, 5.41) is 0.728. The molecule has 1 heterocycles. The lowest BCUT2D eigenvalue weighted by atomic mass is 10.1. The Kier molecular flexibility index (Phi) is 6.71. The number of hydrogen-bond donors (Lipinski definition) is 1. The summed E-state index contributed by atoms with van der Waals surface area (Å²) in [4.78, 5) is 10.9. The van der Waals surface area contributed by atoms with Crippen molar-refractivity contribution in [3.63, 3.8) is 0 Å². The quantitative estimate of drug-likeness (QED) is 0.450. The minimum atomic E-state index is -2.46. The molecule has 1 fully saturated rings. The zero-order valence-corrected chi connectivity index (χ0v) is 10.7. The fourth-order valence-corrected chi connectivity index (χ4v) is 4.68. The van der Waals surface area contributed by atoms with Gasteiger partial charge in [0.1, 0.15) is 0 Å². The third-order valence-electron chi connectivity index (χ3n) is 2.10. The van der Waals surface area contributed by atoms with Crippen molar-refractivity contribution in [2.24, 2.45) is 0 Å². The third kappa shape index (κ3) is 6.44. The van der Waals surface area contributed by atoms with Crippen molar-refractivity contribution in [2.75, 3.05) is 5.75 Å². The highest BCUT2D eigenvalue weighted by Gasteiger charge is 2.15. The van der Waals surface area contributed by atoms with E-state index in [1.54, 1.807) is 0 Å². The predicted molar refractivity (Wildman–Crippen MR) is 64.0 cm³/mol. The molecule has 2 unspecified atom stereocenters. The molecule has 0 aromatic carbocycles. The molecule has 0 saturated carbocycles. The zero-order chi connectivity index (χ0) is 11.1. The average Bonchev–Trinajstić information content (AvgIpc) is 2.63. The van der Waals surface area contributed by atoms with Crippen LogP contribution in [0.1, 0.15) is 32.1 Å². The van der Waals surface area contributed by atoms with E-state index in [4.69, 9.17) is 0 Å². The Bertz CT molecular complexity index is 231. The molecule has 0 spiro atoms. The van der Waals surface area contributed by atoms with E-state index < -0.39 is 17.2 Å². The lowest BCUT2D eigenvalue weighted by molar-refractivity contribution is -0.119. The van der Waals surface area contributed by atoms with E-state index in [0.29, 0.717) is 6.42 Å². The second kappa shape index (κ2) is 7.54. The molecule has 1 aliphatic rings. The molecule has 15 heavy (non-hydrogen) atoms. The average molecular weight is 268 g/mol. The van der Waals surface area contributed by atoms with Gasteiger partial charge < -0.3 is 4.55 Å². The van der Waals surface area contributed by atoms with E-state index in [2.05, 4.69) is 0 Å². The van der Waals surface area contributed by atoms with Gasteiger partial charge in [0, 0.05) is 28.7 Å². The fraction of sp³-hybridized carbons (Fsp3) is 0.875. The lowest BCUT2D eigenvalue weighted by Crippen LogP contribution is -2.24. The molecule has 88 valence electrons.